The van der Waals surface area contributed by atoms with E-state index in [1.165, 1.54) is 11.1 Å². The molecule has 1 N–H and O–H groups in total. The van der Waals surface area contributed by atoms with E-state index in [4.69, 9.17) is 4.74 Å². The minimum Gasteiger partial charge on any atom is -0.490 e. The van der Waals surface area contributed by atoms with Crippen LogP contribution in [-0.2, 0) is 35.4 Å². The molecule has 242 valence electrons. The molecule has 2 aliphatic heterocycles. The number of aryl methyl sites for hydroxylation is 1. The Morgan fingerprint density at radius 1 is 0.673 bits per heavy atom. The second-order valence-electron chi connectivity index (χ2n) is 13.2. The Labute approximate surface area is 287 Å². The van der Waals surface area contributed by atoms with Crippen molar-refractivity contribution in [2.75, 3.05) is 16.4 Å². The largest absolute Gasteiger partial charge is 0.490 e. The van der Waals surface area contributed by atoms with Crippen molar-refractivity contribution in [3.63, 3.8) is 0 Å². The van der Waals surface area contributed by atoms with E-state index in [0.29, 0.717) is 36.5 Å². The van der Waals surface area contributed by atoms with E-state index in [-0.39, 0.29) is 12.5 Å². The van der Waals surface area contributed by atoms with Gasteiger partial charge in [0.05, 0.1) is 6.54 Å². The number of rotatable bonds is 8. The quantitative estimate of drug-likeness (QED) is 0.182. The van der Waals surface area contributed by atoms with Crippen molar-refractivity contribution >= 4 is 17.3 Å². The van der Waals surface area contributed by atoms with Crippen molar-refractivity contribution in [3.8, 4) is 5.75 Å². The first kappa shape index (κ1) is 30.7. The lowest BCUT2D eigenvalue weighted by molar-refractivity contribution is -0.139. The molecule has 6 aromatic rings. The average Bonchev–Trinajstić information content (AvgIpc) is 3.38. The van der Waals surface area contributed by atoms with Gasteiger partial charge in [0.15, 0.2) is 0 Å². The third-order valence-electron chi connectivity index (χ3n) is 10.1. The van der Waals surface area contributed by atoms with Crippen LogP contribution in [0.1, 0.15) is 38.9 Å². The number of ether oxygens (including phenoxy) is 1. The van der Waals surface area contributed by atoms with Crippen molar-refractivity contribution in [1.82, 2.24) is 0 Å². The molecule has 2 atom stereocenters. The molecular formula is C44H38N2O3. The van der Waals surface area contributed by atoms with Crippen LogP contribution in [0.15, 0.2) is 158 Å². The molecule has 0 aromatic heterocycles. The highest BCUT2D eigenvalue weighted by atomic mass is 16.5. The number of nitrogens with zero attached hydrogens (tertiary/aromatic N) is 2. The zero-order valence-corrected chi connectivity index (χ0v) is 27.5. The molecule has 0 fully saturated rings. The Balaban J connectivity index is 1.31. The third kappa shape index (κ3) is 5.18. The average molecular weight is 643 g/mol. The number of carbonyl (C=O) groups excluding carboxylic acids is 1. The zero-order chi connectivity index (χ0) is 33.4. The van der Waals surface area contributed by atoms with Crippen LogP contribution in [0.2, 0.25) is 0 Å². The lowest BCUT2D eigenvalue weighted by atomic mass is 9.60. The highest BCUT2D eigenvalue weighted by Crippen LogP contribution is 2.60. The van der Waals surface area contributed by atoms with Crippen LogP contribution in [0.25, 0.3) is 0 Å². The fourth-order valence-corrected chi connectivity index (χ4v) is 7.71. The monoisotopic (exact) mass is 642 g/mol. The maximum Gasteiger partial charge on any atom is 0.246 e. The number of carbonyl (C=O) groups is 1. The Morgan fingerprint density at radius 2 is 1.24 bits per heavy atom. The summed E-state index contributed by atoms with van der Waals surface area (Å²) in [6.07, 6.45) is 0. The molecule has 1 unspecified atom stereocenters. The number of aliphatic hydroxyl groups is 1. The third-order valence-corrected chi connectivity index (χ3v) is 10.1. The highest BCUT2D eigenvalue weighted by Gasteiger charge is 2.67. The van der Waals surface area contributed by atoms with Gasteiger partial charge in [-0.25, -0.2) is 0 Å². The van der Waals surface area contributed by atoms with Gasteiger partial charge in [-0.1, -0.05) is 145 Å². The predicted octanol–water partition coefficient (Wildman–Crippen LogP) is 8.31. The molecule has 5 nitrogen and oxygen atoms in total. The van der Waals surface area contributed by atoms with Crippen LogP contribution in [0.4, 0.5) is 11.4 Å². The topological polar surface area (TPSA) is 53.0 Å². The molecule has 2 heterocycles. The standard InChI is InChI=1S/C44H38N2O3/c1-32-22-25-40-39(26-32)44(42(47)46(40)30-35-18-10-4-11-19-35)38-24-23-37(27-41(38)49-31-43(44,48)36-20-12-5-13-21-36)45(28-33-14-6-2-7-15-33)29-34-16-8-3-9-17-34/h2-27,48H,28-31H2,1H3/t43-,44?/m0/s1. The lowest BCUT2D eigenvalue weighted by Crippen LogP contribution is -2.61. The van der Waals surface area contributed by atoms with Gasteiger partial charge in [0.25, 0.3) is 0 Å². The van der Waals surface area contributed by atoms with Crippen LogP contribution in [-0.4, -0.2) is 17.6 Å². The van der Waals surface area contributed by atoms with Crippen LogP contribution in [0, 0.1) is 6.92 Å². The molecule has 8 rings (SSSR count). The second kappa shape index (κ2) is 12.4. The van der Waals surface area contributed by atoms with Crippen molar-refractivity contribution in [3.05, 3.63) is 197 Å². The van der Waals surface area contributed by atoms with Gasteiger partial charge in [-0.3, -0.25) is 4.79 Å². The van der Waals surface area contributed by atoms with Crippen LogP contribution in [0.3, 0.4) is 0 Å². The number of hydrogen-bond acceptors (Lipinski definition) is 4. The Bertz CT molecular complexity index is 2060. The fraction of sp³-hybridized carbons (Fsp3) is 0.159. The summed E-state index contributed by atoms with van der Waals surface area (Å²) in [6.45, 7) is 3.73. The Morgan fingerprint density at radius 3 is 1.86 bits per heavy atom. The molecule has 0 aliphatic carbocycles. The summed E-state index contributed by atoms with van der Waals surface area (Å²) in [4.78, 5) is 19.6. The molecule has 0 bridgehead atoms. The Kier molecular flexibility index (Phi) is 7.77. The first-order chi connectivity index (χ1) is 24.0. The summed E-state index contributed by atoms with van der Waals surface area (Å²) >= 11 is 0. The lowest BCUT2D eigenvalue weighted by Gasteiger charge is -2.48. The van der Waals surface area contributed by atoms with E-state index < -0.39 is 11.0 Å². The molecule has 5 heteroatoms. The smallest absolute Gasteiger partial charge is 0.246 e. The number of benzene rings is 6. The van der Waals surface area contributed by atoms with E-state index >= 15 is 4.79 Å². The highest BCUT2D eigenvalue weighted by molar-refractivity contribution is 6.12. The van der Waals surface area contributed by atoms with E-state index in [9.17, 15) is 5.11 Å². The number of fused-ring (bicyclic) bond motifs is 4. The van der Waals surface area contributed by atoms with Gasteiger partial charge >= 0.3 is 0 Å². The summed E-state index contributed by atoms with van der Waals surface area (Å²) in [5.74, 6) is 0.442. The molecule has 1 spiro atoms. The van der Waals surface area contributed by atoms with E-state index in [1.807, 2.05) is 103 Å². The van der Waals surface area contributed by atoms with Crippen molar-refractivity contribution in [2.24, 2.45) is 0 Å². The van der Waals surface area contributed by atoms with Crippen molar-refractivity contribution < 1.29 is 14.6 Å². The zero-order valence-electron chi connectivity index (χ0n) is 27.5. The fourth-order valence-electron chi connectivity index (χ4n) is 7.71. The van der Waals surface area contributed by atoms with Gasteiger partial charge in [0, 0.05) is 36.1 Å². The molecule has 2 aliphatic rings. The maximum atomic E-state index is 15.4. The summed E-state index contributed by atoms with van der Waals surface area (Å²) < 4.78 is 6.57. The second-order valence-corrected chi connectivity index (χ2v) is 13.2. The molecule has 6 aromatic carbocycles. The van der Waals surface area contributed by atoms with Crippen molar-refractivity contribution in [2.45, 2.75) is 37.6 Å². The number of amides is 1. The summed E-state index contributed by atoms with van der Waals surface area (Å²) in [5, 5.41) is 13.1. The maximum absolute atomic E-state index is 15.4. The predicted molar refractivity (Wildman–Crippen MR) is 195 cm³/mol. The molecule has 0 saturated carbocycles. The molecular weight excluding hydrogens is 604 g/mol. The summed E-state index contributed by atoms with van der Waals surface area (Å²) in [5.41, 5.74) is 5.18. The minimum atomic E-state index is -1.68. The van der Waals surface area contributed by atoms with Gasteiger partial charge in [0.1, 0.15) is 23.4 Å². The van der Waals surface area contributed by atoms with Crippen LogP contribution >= 0.6 is 0 Å². The first-order valence-corrected chi connectivity index (χ1v) is 16.8. The van der Waals surface area contributed by atoms with Gasteiger partial charge in [-0.15, -0.1) is 0 Å². The molecule has 1 amide bonds. The van der Waals surface area contributed by atoms with Gasteiger partial charge in [-0.2, -0.15) is 0 Å². The van der Waals surface area contributed by atoms with Gasteiger partial charge in [0.2, 0.25) is 5.91 Å². The summed E-state index contributed by atoms with van der Waals surface area (Å²) in [6, 6.07) is 52.7. The van der Waals surface area contributed by atoms with Gasteiger partial charge < -0.3 is 19.6 Å². The van der Waals surface area contributed by atoms with Gasteiger partial charge in [-0.05, 0) is 46.9 Å². The minimum absolute atomic E-state index is 0.0802. The van der Waals surface area contributed by atoms with Crippen molar-refractivity contribution in [1.29, 1.82) is 0 Å². The molecule has 0 saturated heterocycles. The SMILES string of the molecule is Cc1ccc2c(c1)C1(C(=O)N2Cc2ccccc2)c2ccc(N(Cc3ccccc3)Cc3ccccc3)cc2OC[C@]1(O)c1ccccc1. The van der Waals surface area contributed by atoms with Crippen LogP contribution < -0.4 is 14.5 Å². The van der Waals surface area contributed by atoms with E-state index in [1.54, 1.807) is 0 Å². The molecule has 0 radical (unpaired) electrons. The number of hydrogen-bond donors (Lipinski definition) is 1. The molecule has 49 heavy (non-hydrogen) atoms. The Hall–Kier alpha value is -5.65. The number of anilines is 2. The van der Waals surface area contributed by atoms with E-state index in [2.05, 4.69) is 71.6 Å². The summed E-state index contributed by atoms with van der Waals surface area (Å²) in [7, 11) is 0. The first-order valence-electron chi connectivity index (χ1n) is 16.8. The van der Waals surface area contributed by atoms with E-state index in [0.717, 1.165) is 28.1 Å². The van der Waals surface area contributed by atoms with Crippen LogP contribution in [0.5, 0.6) is 5.75 Å². The normalized spacial score (nSPS) is 19.3.